The van der Waals surface area contributed by atoms with Crippen molar-refractivity contribution < 1.29 is 70.0 Å². The van der Waals surface area contributed by atoms with Gasteiger partial charge in [0.15, 0.2) is 0 Å². The molecule has 8 atom stereocenters. The molecule has 5 aromatic rings. The second-order valence-electron chi connectivity index (χ2n) is 30.5. The van der Waals surface area contributed by atoms with Crippen molar-refractivity contribution in [3.63, 3.8) is 0 Å². The number of sulfone groups is 1. The van der Waals surface area contributed by atoms with E-state index in [1.54, 1.807) is 24.3 Å². The lowest BCUT2D eigenvalue weighted by Crippen LogP contribution is -2.41. The normalized spacial score (nSPS) is 24.3. The fourth-order valence-corrected chi connectivity index (χ4v) is 15.2. The molecule has 28 nitrogen and oxygen atoms in total. The van der Waals surface area contributed by atoms with Crippen LogP contribution in [0.3, 0.4) is 0 Å². The molecule has 36 heteroatoms. The van der Waals surface area contributed by atoms with Crippen molar-refractivity contribution in [2.45, 2.75) is 191 Å². The van der Waals surface area contributed by atoms with Crippen LogP contribution in [-0.4, -0.2) is 248 Å². The van der Waals surface area contributed by atoms with Gasteiger partial charge in [0.1, 0.15) is 27.8 Å². The molecule has 9 N–H and O–H groups in total. The number of amides is 4. The van der Waals surface area contributed by atoms with Gasteiger partial charge in [-0.1, -0.05) is 54.2 Å². The van der Waals surface area contributed by atoms with Gasteiger partial charge in [-0.3, -0.25) is 0 Å². The average Bonchev–Trinajstić information content (AvgIpc) is 1.61. The Bertz CT molecular complexity index is 3950. The second kappa shape index (κ2) is 39.5. The molecule has 4 amide bonds. The number of halogens is 6. The highest BCUT2D eigenvalue weighted by Crippen LogP contribution is 2.38. The number of rotatable bonds is 14. The number of carbonyl (C=O) groups excluding carboxylic acids is 2. The molecule has 0 bridgehead atoms. The molecule has 0 radical (unpaired) electrons. The van der Waals surface area contributed by atoms with Crippen LogP contribution in [0.5, 0.6) is 0 Å². The van der Waals surface area contributed by atoms with Crippen molar-refractivity contribution in [2.24, 2.45) is 17.6 Å². The lowest BCUT2D eigenvalue weighted by atomic mass is 9.76. The quantitative estimate of drug-likeness (QED) is 0.0291. The number of hydrogen-bond donors (Lipinski definition) is 8. The fraction of sp³-hybridized carbons (Fsp3) is 0.649. The number of hydrogen-bond acceptors (Lipinski definition) is 24. The standard InChI is InChI=1S/C27H38N6O3.C20H28BF3N2O3.C13H19ClN4O2.C9H12ClN3O3S.C5H11NO.ClH/c1-3-19-8-9-33(17-19)27(35)29-21-5-4-18(2)23(15-21)24-16-25(32-10-12-36-13-11-32)31-26(30-24)28-20-6-7-22(34)14-20;1-13-6-7-15(10-16(13)21-28-18(2,3)19(4,5)29-21)25-17(27)26-9-8-14(12-26)11-20(22,23)24;14-11-8-12(18-3-5-20-6-4-18)17-13(16-11)15-9-1-2-10(19)7-9;1-17(14,15)9-11-7(10)6-8(12-9)13-2-4-16-5-3-13;6-4-1-2-5(7)3-4;/h4-5,15-16,19-20,22,34H,3,6-14,17H2,1-2H3,(H,29,35)(H,28,30,31);6-7,10,14H,8-9,11-12H2,1-5H3,(H,25,27);8-10,19H,1-7H2,(H,15,16,17);6H,2-5H2,1H3;4-5,7H,1-3,6H2;1H/t19-,20?,22?;14-;;;;/m10..../s1. The maximum Gasteiger partial charge on any atom is 0.495 e. The highest BCUT2D eigenvalue weighted by molar-refractivity contribution is 7.90. The number of aryl methyl sites for hydroxylation is 2. The Balaban J connectivity index is 0.000000169. The number of carbonyl (C=O) groups is 2. The average molecular weight is 1620 g/mol. The summed E-state index contributed by atoms with van der Waals surface area (Å²) >= 11 is 11.9. The summed E-state index contributed by atoms with van der Waals surface area (Å²) in [5, 5.41) is 41.3. The molecular formula is C74H109BCl3F3N16O12S. The molecule has 110 heavy (non-hydrogen) atoms. The molecule has 608 valence electrons. The fourth-order valence-electron chi connectivity index (χ4n) is 14.2. The Labute approximate surface area is 660 Å². The number of benzene rings is 2. The van der Waals surface area contributed by atoms with Crippen molar-refractivity contribution in [1.29, 1.82) is 0 Å². The SMILES string of the molecule is CC[C@@H]1CCN(C(=O)Nc2ccc(C)c(-c3cc(N4CCOCC4)nc(NC4CCC(O)C4)n3)c2)C1.CS(=O)(=O)c1nc(Cl)cc(N2CCOCC2)n1.Cc1ccc(NC(=O)N2CC[C@@H](CC(F)(F)F)C2)cc1B1OC(C)(C)C(C)(C)O1.Cl.NC1CCC(O)C1.OC1CCC(Nc2nc(Cl)cc(N3CCOCC3)n2)C1. The van der Waals surface area contributed by atoms with Crippen LogP contribution >= 0.6 is 35.6 Å². The molecule has 3 aromatic heterocycles. The Morgan fingerprint density at radius 3 is 1.48 bits per heavy atom. The number of nitrogens with two attached hydrogens (primary N) is 1. The Morgan fingerprint density at radius 2 is 1.04 bits per heavy atom. The van der Waals surface area contributed by atoms with Gasteiger partial charge in [0.05, 0.1) is 74.8 Å². The number of nitrogens with zero attached hydrogens (tertiary/aromatic N) is 11. The molecule has 6 aliphatic heterocycles. The van der Waals surface area contributed by atoms with Crippen molar-refractivity contribution in [3.8, 4) is 11.3 Å². The zero-order valence-electron chi connectivity index (χ0n) is 64.1. The van der Waals surface area contributed by atoms with Gasteiger partial charge >= 0.3 is 25.4 Å². The lowest BCUT2D eigenvalue weighted by Gasteiger charge is -2.32. The van der Waals surface area contributed by atoms with Crippen LogP contribution in [0, 0.1) is 25.7 Å². The third-order valence-corrected chi connectivity index (χ3v) is 22.6. The predicted molar refractivity (Wildman–Crippen MR) is 423 cm³/mol. The maximum absolute atomic E-state index is 12.9. The van der Waals surface area contributed by atoms with E-state index in [1.807, 2.05) is 74.8 Å². The summed E-state index contributed by atoms with van der Waals surface area (Å²) in [5.41, 5.74) is 10.5. The molecular weight excluding hydrogens is 1510 g/mol. The van der Waals surface area contributed by atoms with E-state index in [1.165, 1.54) is 4.90 Å². The van der Waals surface area contributed by atoms with Crippen LogP contribution in [-0.2, 0) is 33.4 Å². The first-order chi connectivity index (χ1) is 51.7. The molecule has 14 rings (SSSR count). The Kier molecular flexibility index (Phi) is 31.4. The van der Waals surface area contributed by atoms with Gasteiger partial charge in [-0.15, -0.1) is 12.4 Å². The highest BCUT2D eigenvalue weighted by atomic mass is 35.5. The minimum atomic E-state index is -4.20. The molecule has 2 aromatic carbocycles. The smallest absolute Gasteiger partial charge is 0.399 e. The number of ether oxygens (including phenoxy) is 3. The van der Waals surface area contributed by atoms with Gasteiger partial charge in [-0.25, -0.2) is 37.9 Å². The second-order valence-corrected chi connectivity index (χ2v) is 33.2. The Morgan fingerprint density at radius 1 is 0.591 bits per heavy atom. The zero-order chi connectivity index (χ0) is 78.4. The summed E-state index contributed by atoms with van der Waals surface area (Å²) in [6, 6.07) is 17.0. The first-order valence-corrected chi connectivity index (χ1v) is 40.6. The van der Waals surface area contributed by atoms with Gasteiger partial charge in [0.25, 0.3) is 0 Å². The number of morpholine rings is 3. The van der Waals surface area contributed by atoms with E-state index in [-0.39, 0.29) is 71.7 Å². The van der Waals surface area contributed by atoms with Crippen LogP contribution < -0.4 is 47.2 Å². The van der Waals surface area contributed by atoms with E-state index < -0.39 is 52.7 Å². The summed E-state index contributed by atoms with van der Waals surface area (Å²) in [5.74, 6) is 3.38. The lowest BCUT2D eigenvalue weighted by molar-refractivity contribution is -0.143. The van der Waals surface area contributed by atoms with Gasteiger partial charge < -0.3 is 90.3 Å². The number of urea groups is 2. The number of aliphatic hydroxyl groups is 3. The van der Waals surface area contributed by atoms with Crippen molar-refractivity contribution in [2.75, 3.05) is 147 Å². The van der Waals surface area contributed by atoms with E-state index in [0.29, 0.717) is 107 Å². The summed E-state index contributed by atoms with van der Waals surface area (Å²) in [4.78, 5) is 61.2. The van der Waals surface area contributed by atoms with E-state index in [4.69, 9.17) is 67.5 Å². The summed E-state index contributed by atoms with van der Waals surface area (Å²) in [7, 11) is -4.01. The summed E-state index contributed by atoms with van der Waals surface area (Å²) in [6.07, 6.45) is 5.56. The van der Waals surface area contributed by atoms with E-state index in [9.17, 15) is 41.4 Å². The molecule has 3 aliphatic carbocycles. The molecule has 9 heterocycles. The van der Waals surface area contributed by atoms with Crippen LogP contribution in [0.25, 0.3) is 11.3 Å². The molecule has 9 aliphatic rings. The minimum absolute atomic E-state index is 0. The van der Waals surface area contributed by atoms with E-state index in [0.717, 1.165) is 155 Å². The zero-order valence-corrected chi connectivity index (χ0v) is 67.3. The third-order valence-electron chi connectivity index (χ3n) is 21.4. The van der Waals surface area contributed by atoms with Crippen molar-refractivity contribution in [3.05, 3.63) is 76.0 Å². The van der Waals surface area contributed by atoms with Crippen LogP contribution in [0.4, 0.5) is 63.5 Å². The number of alkyl halides is 3. The van der Waals surface area contributed by atoms with Crippen LogP contribution in [0.15, 0.2) is 59.8 Å². The number of anilines is 7. The summed E-state index contributed by atoms with van der Waals surface area (Å²) < 4.78 is 88.8. The molecule has 9 fully saturated rings. The Hall–Kier alpha value is -6.47. The largest absolute Gasteiger partial charge is 0.495 e. The predicted octanol–water partition coefficient (Wildman–Crippen LogP) is 9.92. The minimum Gasteiger partial charge on any atom is -0.399 e. The molecule has 6 unspecified atom stereocenters. The molecule has 6 saturated heterocycles. The maximum atomic E-state index is 12.9. The topological polar surface area (TPSA) is 343 Å². The highest BCUT2D eigenvalue weighted by Gasteiger charge is 2.52. The van der Waals surface area contributed by atoms with Gasteiger partial charge in [-0.2, -0.15) is 23.1 Å². The van der Waals surface area contributed by atoms with E-state index in [2.05, 4.69) is 64.9 Å². The number of nitrogens with one attached hydrogen (secondary N) is 4. The van der Waals surface area contributed by atoms with Gasteiger partial charge in [-0.05, 0) is 159 Å². The van der Waals surface area contributed by atoms with Gasteiger partial charge in [0.2, 0.25) is 26.9 Å². The van der Waals surface area contributed by atoms with Crippen molar-refractivity contribution in [1.82, 2.24) is 39.7 Å². The number of likely N-dealkylation sites (tertiary alicyclic amines) is 2. The first-order valence-electron chi connectivity index (χ1n) is 38.0. The first kappa shape index (κ1) is 87.5. The third kappa shape index (κ3) is 25.5. The van der Waals surface area contributed by atoms with Gasteiger partial charge in [0, 0.05) is 131 Å². The number of aliphatic hydroxyl groups excluding tert-OH is 3. The molecule has 3 saturated carbocycles. The van der Waals surface area contributed by atoms with E-state index >= 15 is 0 Å². The monoisotopic (exact) mass is 1620 g/mol. The van der Waals surface area contributed by atoms with Crippen molar-refractivity contribution >= 4 is 111 Å². The summed E-state index contributed by atoms with van der Waals surface area (Å²) in [6.45, 7) is 24.6. The molecule has 0 spiro atoms. The van der Waals surface area contributed by atoms with Crippen LogP contribution in [0.1, 0.15) is 129 Å². The van der Waals surface area contributed by atoms with Crippen LogP contribution in [0.2, 0.25) is 10.3 Å². The number of aromatic nitrogens is 6.